The Morgan fingerprint density at radius 1 is 1.25 bits per heavy atom. The van der Waals surface area contributed by atoms with E-state index >= 15 is 0 Å². The van der Waals surface area contributed by atoms with Crippen molar-refractivity contribution in [2.24, 2.45) is 0 Å². The molecule has 0 aliphatic carbocycles. The van der Waals surface area contributed by atoms with E-state index in [1.165, 1.54) is 12.1 Å². The third kappa shape index (κ3) is 3.73. The molecule has 1 aromatic carbocycles. The van der Waals surface area contributed by atoms with Crippen molar-refractivity contribution in [2.45, 2.75) is 18.9 Å². The minimum Gasteiger partial charge on any atom is -0.506 e. The fraction of sp³-hybridized carbons (Fsp3) is 0.538. The van der Waals surface area contributed by atoms with Crippen molar-refractivity contribution in [1.29, 1.82) is 0 Å². The molecule has 1 fully saturated rings. The highest BCUT2D eigenvalue weighted by Crippen LogP contribution is 2.39. The normalized spacial score (nSPS) is 18.4. The van der Waals surface area contributed by atoms with Crippen LogP contribution < -0.4 is 5.32 Å². The van der Waals surface area contributed by atoms with E-state index in [1.807, 2.05) is 4.90 Å². The second-order valence-corrected chi connectivity index (χ2v) is 5.60. The molecule has 20 heavy (non-hydrogen) atoms. The number of nitrogens with zero attached hydrogens (tertiary/aromatic N) is 1. The third-order valence-corrected chi connectivity index (χ3v) is 3.92. The Morgan fingerprint density at radius 2 is 1.90 bits per heavy atom. The van der Waals surface area contributed by atoms with Crippen LogP contribution in [0.2, 0.25) is 10.0 Å². The van der Waals surface area contributed by atoms with E-state index in [2.05, 4.69) is 5.32 Å². The summed E-state index contributed by atoms with van der Waals surface area (Å²) in [6.07, 6.45) is -2.82. The Labute approximate surface area is 126 Å². The zero-order chi connectivity index (χ0) is 14.7. The molecule has 0 spiro atoms. The zero-order valence-corrected chi connectivity index (χ0v) is 12.3. The van der Waals surface area contributed by atoms with Gasteiger partial charge >= 0.3 is 0 Å². The van der Waals surface area contributed by atoms with E-state index in [4.69, 9.17) is 23.2 Å². The van der Waals surface area contributed by atoms with Gasteiger partial charge in [0.25, 0.3) is 0 Å². The lowest BCUT2D eigenvalue weighted by atomic mass is 10.00. The van der Waals surface area contributed by atoms with Gasteiger partial charge in [-0.1, -0.05) is 23.2 Å². The summed E-state index contributed by atoms with van der Waals surface area (Å²) in [6, 6.07) is 2.32. The van der Waals surface area contributed by atoms with Gasteiger partial charge in [0, 0.05) is 49.2 Å². The molecule has 7 heteroatoms. The Balaban J connectivity index is 2.34. The molecular formula is C13H16Cl2F2N2O. The molecular weight excluding hydrogens is 309 g/mol. The molecule has 0 saturated carbocycles. The van der Waals surface area contributed by atoms with Gasteiger partial charge in [0.2, 0.25) is 6.43 Å². The van der Waals surface area contributed by atoms with Gasteiger partial charge in [-0.2, -0.15) is 0 Å². The van der Waals surface area contributed by atoms with Crippen LogP contribution >= 0.6 is 23.2 Å². The first-order valence-corrected chi connectivity index (χ1v) is 7.15. The zero-order valence-electron chi connectivity index (χ0n) is 10.8. The van der Waals surface area contributed by atoms with Crippen LogP contribution in [0.5, 0.6) is 5.75 Å². The van der Waals surface area contributed by atoms with Crippen LogP contribution in [0.3, 0.4) is 0 Å². The van der Waals surface area contributed by atoms with Gasteiger partial charge in [-0.3, -0.25) is 4.90 Å². The van der Waals surface area contributed by atoms with Crippen LogP contribution in [-0.2, 0) is 0 Å². The number of phenols is 1. The van der Waals surface area contributed by atoms with E-state index in [-0.39, 0.29) is 17.2 Å². The maximum absolute atomic E-state index is 12.9. The number of hydrogen-bond donors (Lipinski definition) is 2. The Bertz CT molecular complexity index is 468. The number of halogens is 4. The highest BCUT2D eigenvalue weighted by atomic mass is 35.5. The number of alkyl halides is 2. The summed E-state index contributed by atoms with van der Waals surface area (Å²) in [5, 5.41) is 13.6. The SMILES string of the molecule is Oc1c(Cl)cc(Cl)cc1[C@H](CC(F)F)N1CCNCC1. The van der Waals surface area contributed by atoms with Crippen molar-refractivity contribution in [3.8, 4) is 5.75 Å². The molecule has 2 rings (SSSR count). The average molecular weight is 325 g/mol. The lowest BCUT2D eigenvalue weighted by Crippen LogP contribution is -2.45. The van der Waals surface area contributed by atoms with Gasteiger partial charge in [0.1, 0.15) is 5.75 Å². The molecule has 1 aliphatic heterocycles. The second-order valence-electron chi connectivity index (χ2n) is 4.75. The summed E-state index contributed by atoms with van der Waals surface area (Å²) in [5.41, 5.74) is 0.365. The van der Waals surface area contributed by atoms with E-state index < -0.39 is 12.5 Å². The molecule has 112 valence electrons. The fourth-order valence-electron chi connectivity index (χ4n) is 2.48. The van der Waals surface area contributed by atoms with Crippen molar-refractivity contribution >= 4 is 23.2 Å². The van der Waals surface area contributed by atoms with Gasteiger partial charge in [-0.25, -0.2) is 8.78 Å². The smallest absolute Gasteiger partial charge is 0.240 e. The topological polar surface area (TPSA) is 35.5 Å². The number of rotatable bonds is 4. The monoisotopic (exact) mass is 324 g/mol. The van der Waals surface area contributed by atoms with E-state index in [0.717, 1.165) is 13.1 Å². The minimum absolute atomic E-state index is 0.0851. The van der Waals surface area contributed by atoms with Crippen LogP contribution in [0.1, 0.15) is 18.0 Å². The van der Waals surface area contributed by atoms with Crippen LogP contribution in [-0.4, -0.2) is 42.6 Å². The summed E-state index contributed by atoms with van der Waals surface area (Å²) >= 11 is 11.8. The fourth-order valence-corrected chi connectivity index (χ4v) is 2.98. The molecule has 0 radical (unpaired) electrons. The van der Waals surface area contributed by atoms with Crippen molar-refractivity contribution in [3.63, 3.8) is 0 Å². The quantitative estimate of drug-likeness (QED) is 0.892. The Hall–Kier alpha value is -0.620. The molecule has 0 unspecified atom stereocenters. The first-order valence-electron chi connectivity index (χ1n) is 6.40. The summed E-state index contributed by atoms with van der Waals surface area (Å²) in [4.78, 5) is 1.92. The van der Waals surface area contributed by atoms with E-state index in [9.17, 15) is 13.9 Å². The second kappa shape index (κ2) is 6.89. The van der Waals surface area contributed by atoms with Crippen LogP contribution in [0.25, 0.3) is 0 Å². The minimum atomic E-state index is -2.47. The molecule has 0 amide bonds. The molecule has 0 bridgehead atoms. The van der Waals surface area contributed by atoms with Crippen molar-refractivity contribution < 1.29 is 13.9 Å². The van der Waals surface area contributed by atoms with Gasteiger partial charge in [-0.15, -0.1) is 0 Å². The van der Waals surface area contributed by atoms with Crippen LogP contribution in [0, 0.1) is 0 Å². The average Bonchev–Trinajstić information content (AvgIpc) is 2.41. The Morgan fingerprint density at radius 3 is 2.50 bits per heavy atom. The number of benzene rings is 1. The largest absolute Gasteiger partial charge is 0.506 e. The lowest BCUT2D eigenvalue weighted by Gasteiger charge is -2.35. The van der Waals surface area contributed by atoms with Gasteiger partial charge in [0.15, 0.2) is 0 Å². The summed E-state index contributed by atoms with van der Waals surface area (Å²) in [5.74, 6) is -0.166. The van der Waals surface area contributed by atoms with E-state index in [1.54, 1.807) is 0 Å². The van der Waals surface area contributed by atoms with Gasteiger partial charge in [0.05, 0.1) is 5.02 Å². The Kier molecular flexibility index (Phi) is 5.43. The standard InChI is InChI=1S/C13H16Cl2F2N2O/c14-8-5-9(13(20)10(15)6-8)11(7-12(16)17)19-3-1-18-2-4-19/h5-6,11-12,18,20H,1-4,7H2/t11-/m0/s1. The molecule has 3 nitrogen and oxygen atoms in total. The predicted molar refractivity (Wildman–Crippen MR) is 75.9 cm³/mol. The first-order chi connectivity index (χ1) is 9.49. The maximum Gasteiger partial charge on any atom is 0.240 e. The van der Waals surface area contributed by atoms with Gasteiger partial charge in [-0.05, 0) is 12.1 Å². The lowest BCUT2D eigenvalue weighted by molar-refractivity contribution is 0.0730. The van der Waals surface area contributed by atoms with Crippen LogP contribution in [0.15, 0.2) is 12.1 Å². The molecule has 1 atom stereocenters. The molecule has 1 aromatic rings. The summed E-state index contributed by atoms with van der Waals surface area (Å²) < 4.78 is 25.7. The first kappa shape index (κ1) is 15.8. The molecule has 0 aromatic heterocycles. The maximum atomic E-state index is 12.9. The number of piperazine rings is 1. The predicted octanol–water partition coefficient (Wildman–Crippen LogP) is 3.30. The molecule has 1 saturated heterocycles. The number of hydrogen-bond acceptors (Lipinski definition) is 3. The van der Waals surface area contributed by atoms with Crippen molar-refractivity contribution in [2.75, 3.05) is 26.2 Å². The van der Waals surface area contributed by atoms with E-state index in [0.29, 0.717) is 23.7 Å². The number of aromatic hydroxyl groups is 1. The molecule has 1 heterocycles. The van der Waals surface area contributed by atoms with Crippen LogP contribution in [0.4, 0.5) is 8.78 Å². The summed E-state index contributed by atoms with van der Waals surface area (Å²) in [6.45, 7) is 2.74. The highest BCUT2D eigenvalue weighted by molar-refractivity contribution is 6.35. The van der Waals surface area contributed by atoms with Crippen molar-refractivity contribution in [3.05, 3.63) is 27.7 Å². The highest BCUT2D eigenvalue weighted by Gasteiger charge is 2.28. The number of nitrogens with one attached hydrogen (secondary N) is 1. The van der Waals surface area contributed by atoms with Crippen molar-refractivity contribution in [1.82, 2.24) is 10.2 Å². The number of phenolic OH excluding ortho intramolecular Hbond substituents is 1. The molecule has 2 N–H and O–H groups in total. The van der Waals surface area contributed by atoms with Gasteiger partial charge < -0.3 is 10.4 Å². The third-order valence-electron chi connectivity index (χ3n) is 3.41. The molecule has 1 aliphatic rings. The summed E-state index contributed by atoms with van der Waals surface area (Å²) in [7, 11) is 0.